The van der Waals surface area contributed by atoms with Gasteiger partial charge in [0.1, 0.15) is 5.82 Å². The lowest BCUT2D eigenvalue weighted by Crippen LogP contribution is -2.57. The Hall–Kier alpha value is -3.43. The number of benzene rings is 2. The van der Waals surface area contributed by atoms with Gasteiger partial charge in [0.25, 0.3) is 6.43 Å². The predicted octanol–water partition coefficient (Wildman–Crippen LogP) is 3.77. The molecule has 0 spiro atoms. The summed E-state index contributed by atoms with van der Waals surface area (Å²) in [6.45, 7) is -5.95. The molecule has 17 heteroatoms. The predicted molar refractivity (Wildman–Crippen MR) is 140 cm³/mol. The molecule has 2 heterocycles. The minimum Gasteiger partial charge on any atom is -0.493 e. The van der Waals surface area contributed by atoms with Crippen molar-refractivity contribution < 1.29 is 50.5 Å². The Morgan fingerprint density at radius 3 is 2.02 bits per heavy atom. The fraction of sp³-hybridized carbons (Fsp3) is 0.333. The number of aliphatic hydroxyl groups excluding tert-OH is 1. The van der Waals surface area contributed by atoms with Crippen LogP contribution in [0.2, 0.25) is 0 Å². The minimum absolute atomic E-state index is 0.0455. The third-order valence-corrected chi connectivity index (χ3v) is 8.06. The van der Waals surface area contributed by atoms with Crippen molar-refractivity contribution in [2.75, 3.05) is 26.6 Å². The molecular weight excluding hydrogens is 597 g/mol. The maximum Gasteiger partial charge on any atom is 0.435 e. The number of ether oxygens (including phenoxy) is 3. The summed E-state index contributed by atoms with van der Waals surface area (Å²) in [4.78, 5) is 15.6. The van der Waals surface area contributed by atoms with E-state index in [1.807, 2.05) is 0 Å². The molecule has 3 N–H and O–H groups in total. The zero-order chi connectivity index (χ0) is 30.0. The summed E-state index contributed by atoms with van der Waals surface area (Å²) in [5.41, 5.74) is 0.378. The fourth-order valence-electron chi connectivity index (χ4n) is 3.88. The van der Waals surface area contributed by atoms with Gasteiger partial charge in [-0.25, -0.2) is 13.6 Å². The number of hydrogen-bond donors (Lipinski definition) is 2. The average Bonchev–Trinajstić information content (AvgIpc) is 3.14. The Balaban J connectivity index is 1.73. The molecule has 0 bridgehead atoms. The number of alkyl halides is 4. The van der Waals surface area contributed by atoms with Gasteiger partial charge in [-0.15, -0.1) is 0 Å². The first-order valence-corrected chi connectivity index (χ1v) is 14.2. The van der Waals surface area contributed by atoms with Gasteiger partial charge in [-0.3, -0.25) is 9.09 Å². The van der Waals surface area contributed by atoms with E-state index in [1.54, 1.807) is 12.1 Å². The lowest BCUT2D eigenvalue weighted by atomic mass is 9.95. The summed E-state index contributed by atoms with van der Waals surface area (Å²) in [6.07, 6.45) is -8.30. The van der Waals surface area contributed by atoms with Crippen molar-refractivity contribution in [3.63, 3.8) is 0 Å². The van der Waals surface area contributed by atoms with Gasteiger partial charge in [0, 0.05) is 18.0 Å². The van der Waals surface area contributed by atoms with Gasteiger partial charge < -0.3 is 34.1 Å². The van der Waals surface area contributed by atoms with Crippen molar-refractivity contribution in [2.24, 2.45) is 0 Å². The first-order chi connectivity index (χ1) is 19.4. The number of aromatic nitrogens is 2. The highest BCUT2D eigenvalue weighted by Gasteiger charge is 2.74. The molecule has 3 aromatic rings. The molecule has 1 aliphatic rings. The van der Waals surface area contributed by atoms with E-state index in [-0.39, 0.29) is 28.8 Å². The van der Waals surface area contributed by atoms with E-state index in [0.29, 0.717) is 4.57 Å². The molecule has 222 valence electrons. The Labute approximate surface area is 235 Å². The first kappa shape index (κ1) is 30.5. The van der Waals surface area contributed by atoms with Crippen LogP contribution in [-0.4, -0.2) is 59.5 Å². The van der Waals surface area contributed by atoms with E-state index < -0.39 is 49.3 Å². The van der Waals surface area contributed by atoms with Crippen molar-refractivity contribution in [3.05, 3.63) is 71.3 Å². The summed E-state index contributed by atoms with van der Waals surface area (Å²) in [7, 11) is 2.64. The van der Waals surface area contributed by atoms with Gasteiger partial charge in [0.05, 0.1) is 20.8 Å². The quantitative estimate of drug-likeness (QED) is 0.239. The number of methoxy groups -OCH3 is 2. The molecule has 41 heavy (non-hydrogen) atoms. The molecule has 3 atom stereocenters. The highest BCUT2D eigenvalue weighted by molar-refractivity contribution is 8.07. The molecule has 0 radical (unpaired) electrons. The van der Waals surface area contributed by atoms with Gasteiger partial charge >= 0.3 is 18.3 Å². The summed E-state index contributed by atoms with van der Waals surface area (Å²) in [6, 6.07) is 13.1. The van der Waals surface area contributed by atoms with Crippen LogP contribution in [0.1, 0.15) is 6.23 Å². The molecule has 1 aromatic heterocycles. The number of para-hydroxylation sites is 4. The van der Waals surface area contributed by atoms with E-state index in [2.05, 4.69) is 4.98 Å². The second-order valence-corrected chi connectivity index (χ2v) is 11.4. The highest BCUT2D eigenvalue weighted by Crippen LogP contribution is 2.57. The number of rotatable bonds is 11. The number of nitrogens with zero attached hydrogens (tertiary/aromatic N) is 2. The van der Waals surface area contributed by atoms with E-state index in [0.717, 1.165) is 12.3 Å². The van der Waals surface area contributed by atoms with Crippen LogP contribution in [0.4, 0.5) is 23.4 Å². The van der Waals surface area contributed by atoms with Gasteiger partial charge in [0.2, 0.25) is 5.60 Å². The summed E-state index contributed by atoms with van der Waals surface area (Å²) < 4.78 is 92.9. The molecule has 4 rings (SSSR count). The normalized spacial score (nSPS) is 22.0. The second kappa shape index (κ2) is 11.8. The minimum atomic E-state index is -4.68. The topological polar surface area (TPSA) is 137 Å². The highest BCUT2D eigenvalue weighted by atomic mass is 32.5. The van der Waals surface area contributed by atoms with Crippen molar-refractivity contribution in [1.29, 1.82) is 0 Å². The molecule has 1 aliphatic heterocycles. The number of nitrogen functional groups attached to an aromatic ring is 1. The van der Waals surface area contributed by atoms with Crippen molar-refractivity contribution in [1.82, 2.24) is 9.55 Å². The molecule has 0 amide bonds. The number of aliphatic hydroxyl groups is 1. The number of halogens is 4. The third-order valence-electron chi connectivity index (χ3n) is 6.01. The van der Waals surface area contributed by atoms with E-state index in [4.69, 9.17) is 45.3 Å². The van der Waals surface area contributed by atoms with Gasteiger partial charge in [-0.05, 0) is 30.3 Å². The first-order valence-electron chi connectivity index (χ1n) is 11.6. The van der Waals surface area contributed by atoms with Gasteiger partial charge in [0.15, 0.2) is 35.3 Å². The zero-order valence-electron chi connectivity index (χ0n) is 21.4. The van der Waals surface area contributed by atoms with Crippen LogP contribution in [0.5, 0.6) is 23.0 Å². The van der Waals surface area contributed by atoms with Crippen LogP contribution in [0.25, 0.3) is 0 Å². The molecular formula is C24H24F4N3O8PS. The Morgan fingerprint density at radius 1 is 1.05 bits per heavy atom. The molecule has 1 fully saturated rings. The summed E-state index contributed by atoms with van der Waals surface area (Å²) in [5.74, 6) is -4.75. The maximum absolute atomic E-state index is 15.5. The van der Waals surface area contributed by atoms with E-state index in [9.17, 15) is 18.7 Å². The molecule has 0 aliphatic carbocycles. The van der Waals surface area contributed by atoms with E-state index >= 15 is 8.78 Å². The smallest absolute Gasteiger partial charge is 0.435 e. The SMILES string of the molecule is COc1ccccc1OP(=S)(OC[C@@]1(C(F)F)O[C@@H](n2ccc(N)nc2=O)[C@H](O)C1(F)F)Oc1ccccc1OC. The fourth-order valence-corrected chi connectivity index (χ4v) is 5.80. The molecule has 11 nitrogen and oxygen atoms in total. The second-order valence-electron chi connectivity index (χ2n) is 8.51. The molecule has 1 saturated heterocycles. The van der Waals surface area contributed by atoms with Gasteiger partial charge in [-0.1, -0.05) is 24.3 Å². The maximum atomic E-state index is 15.5. The van der Waals surface area contributed by atoms with Crippen molar-refractivity contribution in [2.45, 2.75) is 30.3 Å². The third kappa shape index (κ3) is 5.83. The zero-order valence-corrected chi connectivity index (χ0v) is 23.1. The van der Waals surface area contributed by atoms with Crippen LogP contribution in [0.3, 0.4) is 0 Å². The monoisotopic (exact) mass is 621 g/mol. The van der Waals surface area contributed by atoms with Crippen LogP contribution in [0, 0.1) is 0 Å². The van der Waals surface area contributed by atoms with Crippen molar-refractivity contribution in [3.8, 4) is 23.0 Å². The molecule has 0 saturated carbocycles. The lowest BCUT2D eigenvalue weighted by Gasteiger charge is -2.34. The lowest BCUT2D eigenvalue weighted by molar-refractivity contribution is -0.242. The van der Waals surface area contributed by atoms with Crippen LogP contribution >= 0.6 is 6.72 Å². The van der Waals surface area contributed by atoms with Crippen LogP contribution in [-0.2, 0) is 21.1 Å². The van der Waals surface area contributed by atoms with Crippen LogP contribution < -0.4 is 29.9 Å². The Morgan fingerprint density at radius 2 is 1.56 bits per heavy atom. The molecule has 2 aromatic carbocycles. The number of nitrogens with two attached hydrogens (primary N) is 1. The average molecular weight is 622 g/mol. The Bertz CT molecular complexity index is 1450. The molecule has 0 unspecified atom stereocenters. The standard InChI is InChI=1S/C24H24F4N3O8PS/c1-34-14-7-3-5-9-16(14)38-40(41,39-17-10-6-4-8-15(17)35-2)36-13-23(21(25)26)24(27,28)19(32)20(37-23)31-12-11-18(29)30-22(31)33/h3-12,19-21,32H,13H2,1-2H3,(H2,29,30,33)/t19-,20+,23-/m0/s1. The largest absolute Gasteiger partial charge is 0.493 e. The number of anilines is 1. The number of hydrogen-bond acceptors (Lipinski definition) is 11. The van der Waals surface area contributed by atoms with Crippen LogP contribution in [0.15, 0.2) is 65.6 Å². The van der Waals surface area contributed by atoms with E-state index in [1.165, 1.54) is 50.6 Å². The Kier molecular flexibility index (Phi) is 8.80. The summed E-state index contributed by atoms with van der Waals surface area (Å²) in [5, 5.41) is 10.4. The summed E-state index contributed by atoms with van der Waals surface area (Å²) >= 11 is 5.46. The van der Waals surface area contributed by atoms with Crippen molar-refractivity contribution >= 4 is 24.3 Å². The van der Waals surface area contributed by atoms with Gasteiger partial charge in [-0.2, -0.15) is 13.8 Å².